The summed E-state index contributed by atoms with van der Waals surface area (Å²) in [5, 5.41) is 12.4. The summed E-state index contributed by atoms with van der Waals surface area (Å²) < 4.78 is 6.85. The summed E-state index contributed by atoms with van der Waals surface area (Å²) in [5.74, 6) is 1.12. The summed E-state index contributed by atoms with van der Waals surface area (Å²) in [6.45, 7) is 4.22. The Kier molecular flexibility index (Phi) is 6.21. The van der Waals surface area contributed by atoms with Crippen LogP contribution in [-0.4, -0.2) is 39.5 Å². The molecule has 0 aliphatic heterocycles. The first-order valence-corrected chi connectivity index (χ1v) is 10.8. The van der Waals surface area contributed by atoms with Crippen LogP contribution in [0.25, 0.3) is 0 Å². The van der Waals surface area contributed by atoms with E-state index in [0.29, 0.717) is 21.6 Å². The summed E-state index contributed by atoms with van der Waals surface area (Å²) in [7, 11) is 3.27. The van der Waals surface area contributed by atoms with Crippen LogP contribution in [-0.2, 0) is 35.8 Å². The van der Waals surface area contributed by atoms with Crippen molar-refractivity contribution in [1.29, 1.82) is 0 Å². The topological polar surface area (TPSA) is 86.1 Å². The number of hydrogen-bond donors (Lipinski definition) is 1. The van der Waals surface area contributed by atoms with E-state index in [1.807, 2.05) is 18.5 Å². The molecule has 2 aromatic heterocycles. The highest BCUT2D eigenvalue weighted by Crippen LogP contribution is 2.40. The minimum Gasteiger partial charge on any atom is -0.465 e. The van der Waals surface area contributed by atoms with Crippen LogP contribution in [0.5, 0.6) is 0 Å². The molecule has 0 radical (unpaired) electrons. The third-order valence-corrected chi connectivity index (χ3v) is 6.92. The Morgan fingerprint density at radius 2 is 2.19 bits per heavy atom. The molecule has 1 N–H and O–H groups in total. The van der Waals surface area contributed by atoms with Crippen LogP contribution < -0.4 is 5.32 Å². The molecule has 2 aromatic rings. The van der Waals surface area contributed by atoms with Gasteiger partial charge in [0.05, 0.1) is 18.4 Å². The molecular weight excluding hydrogens is 384 g/mol. The van der Waals surface area contributed by atoms with Crippen LogP contribution in [0, 0.1) is 5.92 Å². The first-order valence-electron chi connectivity index (χ1n) is 8.98. The molecule has 1 atom stereocenters. The Morgan fingerprint density at radius 3 is 2.85 bits per heavy atom. The first kappa shape index (κ1) is 19.9. The molecule has 9 heteroatoms. The third-order valence-electron chi connectivity index (χ3n) is 4.73. The highest BCUT2D eigenvalue weighted by atomic mass is 32.2. The number of anilines is 1. The SMILES string of the molecule is CCc1nnc(SCC(=O)Nc2sc3c(c2C(=O)OC)CCC(C)C3)n1C. The number of carbonyl (C=O) groups is 2. The Balaban J connectivity index is 1.73. The van der Waals surface area contributed by atoms with E-state index in [9.17, 15) is 9.59 Å². The van der Waals surface area contributed by atoms with Gasteiger partial charge in [0.15, 0.2) is 5.16 Å². The molecule has 2 heterocycles. The van der Waals surface area contributed by atoms with Crippen molar-refractivity contribution in [3.8, 4) is 0 Å². The second kappa shape index (κ2) is 8.43. The smallest absolute Gasteiger partial charge is 0.341 e. The van der Waals surface area contributed by atoms with Gasteiger partial charge in [0, 0.05) is 18.3 Å². The van der Waals surface area contributed by atoms with Crippen molar-refractivity contribution < 1.29 is 14.3 Å². The summed E-state index contributed by atoms with van der Waals surface area (Å²) in [6, 6.07) is 0. The van der Waals surface area contributed by atoms with Crippen molar-refractivity contribution in [3.63, 3.8) is 0 Å². The molecule has 146 valence electrons. The molecule has 1 unspecified atom stereocenters. The molecule has 3 rings (SSSR count). The van der Waals surface area contributed by atoms with E-state index < -0.39 is 0 Å². The average Bonchev–Trinajstić information content (AvgIpc) is 3.18. The van der Waals surface area contributed by atoms with Crippen molar-refractivity contribution >= 4 is 40.0 Å². The van der Waals surface area contributed by atoms with E-state index in [1.165, 1.54) is 35.1 Å². The zero-order chi connectivity index (χ0) is 19.6. The highest BCUT2D eigenvalue weighted by Gasteiger charge is 2.28. The lowest BCUT2D eigenvalue weighted by molar-refractivity contribution is -0.113. The molecule has 1 aliphatic rings. The number of nitrogens with one attached hydrogen (secondary N) is 1. The molecule has 0 bridgehead atoms. The maximum atomic E-state index is 12.5. The number of ether oxygens (including phenoxy) is 1. The fraction of sp³-hybridized carbons (Fsp3) is 0.556. The number of carbonyl (C=O) groups excluding carboxylic acids is 2. The average molecular weight is 409 g/mol. The van der Waals surface area contributed by atoms with E-state index in [1.54, 1.807) is 0 Å². The van der Waals surface area contributed by atoms with E-state index in [2.05, 4.69) is 22.4 Å². The molecule has 0 saturated heterocycles. The van der Waals surface area contributed by atoms with E-state index >= 15 is 0 Å². The van der Waals surface area contributed by atoms with Gasteiger partial charge in [0.25, 0.3) is 0 Å². The quantitative estimate of drug-likeness (QED) is 0.584. The third kappa shape index (κ3) is 4.19. The van der Waals surface area contributed by atoms with Crippen LogP contribution in [0.4, 0.5) is 5.00 Å². The zero-order valence-corrected chi connectivity index (χ0v) is 17.6. The largest absolute Gasteiger partial charge is 0.465 e. The molecule has 0 aromatic carbocycles. The number of methoxy groups -OCH3 is 1. The summed E-state index contributed by atoms with van der Waals surface area (Å²) >= 11 is 2.83. The fourth-order valence-corrected chi connectivity index (χ4v) is 5.37. The van der Waals surface area contributed by atoms with E-state index in [4.69, 9.17) is 4.74 Å². The number of hydrogen-bond acceptors (Lipinski definition) is 7. The Morgan fingerprint density at radius 1 is 1.41 bits per heavy atom. The van der Waals surface area contributed by atoms with Crippen molar-refractivity contribution in [3.05, 3.63) is 21.8 Å². The van der Waals surface area contributed by atoms with E-state index in [-0.39, 0.29) is 17.6 Å². The Bertz CT molecular complexity index is 859. The molecule has 0 saturated carbocycles. The number of fused-ring (bicyclic) bond motifs is 1. The number of thioether (sulfide) groups is 1. The zero-order valence-electron chi connectivity index (χ0n) is 16.0. The second-order valence-electron chi connectivity index (χ2n) is 6.70. The lowest BCUT2D eigenvalue weighted by Crippen LogP contribution is -2.17. The van der Waals surface area contributed by atoms with Crippen LogP contribution in [0.15, 0.2) is 5.16 Å². The fourth-order valence-electron chi connectivity index (χ4n) is 3.23. The predicted octanol–water partition coefficient (Wildman–Crippen LogP) is 3.08. The number of aryl methyl sites for hydroxylation is 1. The van der Waals surface area contributed by atoms with Gasteiger partial charge in [-0.05, 0) is 30.7 Å². The predicted molar refractivity (Wildman–Crippen MR) is 107 cm³/mol. The normalized spacial score (nSPS) is 16.1. The molecule has 1 amide bonds. The molecule has 0 spiro atoms. The van der Waals surface area contributed by atoms with Gasteiger partial charge in [-0.25, -0.2) is 4.79 Å². The number of amides is 1. The van der Waals surface area contributed by atoms with Gasteiger partial charge >= 0.3 is 5.97 Å². The molecule has 1 aliphatic carbocycles. The molecular formula is C18H24N4O3S2. The Labute approximate surface area is 166 Å². The van der Waals surface area contributed by atoms with Crippen molar-refractivity contribution in [2.24, 2.45) is 13.0 Å². The van der Waals surface area contributed by atoms with Crippen LogP contribution >= 0.6 is 23.1 Å². The first-order chi connectivity index (χ1) is 12.9. The van der Waals surface area contributed by atoms with Crippen LogP contribution in [0.2, 0.25) is 0 Å². The number of esters is 1. The standard InChI is InChI=1S/C18H24N4O3S2/c1-5-13-20-21-18(22(13)3)26-9-14(23)19-16-15(17(24)25-4)11-7-6-10(2)8-12(11)27-16/h10H,5-9H2,1-4H3,(H,19,23). The number of aromatic nitrogens is 3. The second-order valence-corrected chi connectivity index (χ2v) is 8.74. The van der Waals surface area contributed by atoms with Crippen LogP contribution in [0.1, 0.15) is 46.9 Å². The van der Waals surface area contributed by atoms with Gasteiger partial charge < -0.3 is 14.6 Å². The molecule has 27 heavy (non-hydrogen) atoms. The van der Waals surface area contributed by atoms with Crippen molar-refractivity contribution in [1.82, 2.24) is 14.8 Å². The van der Waals surface area contributed by atoms with Gasteiger partial charge in [0.2, 0.25) is 5.91 Å². The summed E-state index contributed by atoms with van der Waals surface area (Å²) in [5.41, 5.74) is 1.56. The lowest BCUT2D eigenvalue weighted by atomic mass is 9.88. The summed E-state index contributed by atoms with van der Waals surface area (Å²) in [4.78, 5) is 26.0. The van der Waals surface area contributed by atoms with Gasteiger partial charge in [0.1, 0.15) is 10.8 Å². The van der Waals surface area contributed by atoms with Crippen molar-refractivity contribution in [2.45, 2.75) is 44.7 Å². The number of rotatable bonds is 6. The van der Waals surface area contributed by atoms with Crippen LogP contribution in [0.3, 0.4) is 0 Å². The lowest BCUT2D eigenvalue weighted by Gasteiger charge is -2.18. The van der Waals surface area contributed by atoms with E-state index in [0.717, 1.165) is 37.1 Å². The highest BCUT2D eigenvalue weighted by molar-refractivity contribution is 7.99. The molecule has 0 fully saturated rings. The maximum absolute atomic E-state index is 12.5. The molecule has 7 nitrogen and oxygen atoms in total. The Hall–Kier alpha value is -1.87. The van der Waals surface area contributed by atoms with Crippen molar-refractivity contribution in [2.75, 3.05) is 18.2 Å². The minimum absolute atomic E-state index is 0.169. The number of thiophene rings is 1. The summed E-state index contributed by atoms with van der Waals surface area (Å²) in [6.07, 6.45) is 3.62. The van der Waals surface area contributed by atoms with Gasteiger partial charge in [-0.2, -0.15) is 0 Å². The number of nitrogens with zero attached hydrogens (tertiary/aromatic N) is 3. The minimum atomic E-state index is -0.383. The maximum Gasteiger partial charge on any atom is 0.341 e. The van der Waals surface area contributed by atoms with Gasteiger partial charge in [-0.1, -0.05) is 25.6 Å². The van der Waals surface area contributed by atoms with Gasteiger partial charge in [-0.3, -0.25) is 4.79 Å². The monoisotopic (exact) mass is 408 g/mol. The van der Waals surface area contributed by atoms with Gasteiger partial charge in [-0.15, -0.1) is 21.5 Å².